The van der Waals surface area contributed by atoms with Gasteiger partial charge in [-0.05, 0) is 18.8 Å². The van der Waals surface area contributed by atoms with E-state index in [-0.39, 0.29) is 5.91 Å². The molecule has 3 nitrogen and oxygen atoms in total. The summed E-state index contributed by atoms with van der Waals surface area (Å²) in [7, 11) is 1.71. The molecule has 0 saturated heterocycles. The van der Waals surface area contributed by atoms with E-state index in [0.29, 0.717) is 25.3 Å². The fourth-order valence-electron chi connectivity index (χ4n) is 2.09. The molecule has 0 bridgehead atoms. The van der Waals surface area contributed by atoms with E-state index in [9.17, 15) is 4.79 Å². The topological polar surface area (TPSA) is 44.1 Å². The van der Waals surface area contributed by atoms with Crippen LogP contribution in [0.4, 0.5) is 0 Å². The van der Waals surface area contributed by atoms with Crippen molar-refractivity contribution >= 4 is 5.91 Å². The van der Waals surface area contributed by atoms with Gasteiger partial charge in [0.2, 0.25) is 5.91 Å². The van der Waals surface area contributed by atoms with Gasteiger partial charge in [0.15, 0.2) is 0 Å². The highest BCUT2D eigenvalue weighted by atomic mass is 16.2. The lowest BCUT2D eigenvalue weighted by atomic mass is 9.63. The lowest BCUT2D eigenvalue weighted by Crippen LogP contribution is -2.48. The number of hydrogen-bond acceptors (Lipinski definition) is 2. The molecule has 0 spiro atoms. The van der Waals surface area contributed by atoms with Crippen LogP contribution in [-0.2, 0) is 4.79 Å². The molecule has 1 amide bonds. The molecule has 0 unspecified atom stereocenters. The second-order valence-corrected chi connectivity index (χ2v) is 4.18. The molecule has 0 N–H and O–H groups in total. The Balaban J connectivity index is 2.68. The Morgan fingerprint density at radius 3 is 2.71 bits per heavy atom. The molecule has 0 heterocycles. The summed E-state index contributed by atoms with van der Waals surface area (Å²) in [6.45, 7) is 6.15. The van der Waals surface area contributed by atoms with Crippen molar-refractivity contribution in [3.05, 3.63) is 12.7 Å². The van der Waals surface area contributed by atoms with Gasteiger partial charge < -0.3 is 4.90 Å². The normalized spacial score (nSPS) is 29.9. The van der Waals surface area contributed by atoms with Gasteiger partial charge in [-0.25, -0.2) is 0 Å². The molecule has 1 rings (SSSR count). The second kappa shape index (κ2) is 3.83. The molecule has 0 atom stereocenters. The van der Waals surface area contributed by atoms with Crippen LogP contribution >= 0.6 is 0 Å². The SMILES string of the molecule is C=CCN(C)C(=O)C1(C#N)CC(C)C1. The molecular formula is C11H16N2O. The van der Waals surface area contributed by atoms with Crippen molar-refractivity contribution in [3.63, 3.8) is 0 Å². The van der Waals surface area contributed by atoms with E-state index >= 15 is 0 Å². The minimum atomic E-state index is -0.739. The Hall–Kier alpha value is -1.30. The summed E-state index contributed by atoms with van der Waals surface area (Å²) < 4.78 is 0. The third-order valence-electron chi connectivity index (χ3n) is 2.77. The first-order valence-corrected chi connectivity index (χ1v) is 4.83. The number of carbonyl (C=O) groups excluding carboxylic acids is 1. The molecule has 1 aliphatic carbocycles. The Bertz CT molecular complexity index is 284. The first-order valence-electron chi connectivity index (χ1n) is 4.83. The fraction of sp³-hybridized carbons (Fsp3) is 0.636. The predicted molar refractivity (Wildman–Crippen MR) is 54.3 cm³/mol. The van der Waals surface area contributed by atoms with E-state index in [1.54, 1.807) is 18.0 Å². The average Bonchev–Trinajstić information content (AvgIpc) is 2.12. The molecular weight excluding hydrogens is 176 g/mol. The third-order valence-corrected chi connectivity index (χ3v) is 2.77. The number of nitrogens with zero attached hydrogens (tertiary/aromatic N) is 2. The summed E-state index contributed by atoms with van der Waals surface area (Å²) in [5, 5.41) is 9.02. The molecule has 3 heteroatoms. The van der Waals surface area contributed by atoms with Crippen molar-refractivity contribution < 1.29 is 4.79 Å². The van der Waals surface area contributed by atoms with Crippen molar-refractivity contribution in [2.75, 3.05) is 13.6 Å². The molecule has 1 saturated carbocycles. The zero-order valence-corrected chi connectivity index (χ0v) is 8.79. The number of carbonyl (C=O) groups is 1. The number of amides is 1. The number of hydrogen-bond donors (Lipinski definition) is 0. The first-order chi connectivity index (χ1) is 6.55. The van der Waals surface area contributed by atoms with E-state index in [0.717, 1.165) is 0 Å². The molecule has 0 aromatic carbocycles. The van der Waals surface area contributed by atoms with E-state index in [1.165, 1.54) is 0 Å². The van der Waals surface area contributed by atoms with Gasteiger partial charge in [-0.1, -0.05) is 13.0 Å². The van der Waals surface area contributed by atoms with Gasteiger partial charge in [-0.2, -0.15) is 5.26 Å². The van der Waals surface area contributed by atoms with Crippen LogP contribution in [0.2, 0.25) is 0 Å². The zero-order valence-electron chi connectivity index (χ0n) is 8.79. The monoisotopic (exact) mass is 192 g/mol. The maximum atomic E-state index is 11.9. The van der Waals surface area contributed by atoms with Crippen LogP contribution in [0.25, 0.3) is 0 Å². The van der Waals surface area contributed by atoms with Gasteiger partial charge in [0.1, 0.15) is 5.41 Å². The number of likely N-dealkylation sites (N-methyl/N-ethyl adjacent to an activating group) is 1. The predicted octanol–water partition coefficient (Wildman–Crippen LogP) is 1.57. The van der Waals surface area contributed by atoms with Gasteiger partial charge in [0, 0.05) is 13.6 Å². The van der Waals surface area contributed by atoms with Crippen LogP contribution in [0, 0.1) is 22.7 Å². The molecule has 1 fully saturated rings. The minimum absolute atomic E-state index is 0.0574. The summed E-state index contributed by atoms with van der Waals surface area (Å²) in [6, 6.07) is 2.16. The van der Waals surface area contributed by atoms with Crippen LogP contribution in [0.15, 0.2) is 12.7 Å². The first kappa shape index (κ1) is 10.8. The van der Waals surface area contributed by atoms with Crippen molar-refractivity contribution in [3.8, 4) is 6.07 Å². The lowest BCUT2D eigenvalue weighted by Gasteiger charge is -2.41. The fourth-order valence-corrected chi connectivity index (χ4v) is 2.09. The smallest absolute Gasteiger partial charge is 0.243 e. The lowest BCUT2D eigenvalue weighted by molar-refractivity contribution is -0.143. The Labute approximate surface area is 85.0 Å². The molecule has 76 valence electrons. The Morgan fingerprint density at radius 1 is 1.79 bits per heavy atom. The van der Waals surface area contributed by atoms with Crippen molar-refractivity contribution in [1.29, 1.82) is 5.26 Å². The number of nitriles is 1. The minimum Gasteiger partial charge on any atom is -0.341 e. The van der Waals surface area contributed by atoms with Crippen molar-refractivity contribution in [2.24, 2.45) is 11.3 Å². The summed E-state index contributed by atoms with van der Waals surface area (Å²) in [5.41, 5.74) is -0.739. The molecule has 14 heavy (non-hydrogen) atoms. The Kier molecular flexibility index (Phi) is 2.95. The van der Waals surface area contributed by atoms with Gasteiger partial charge >= 0.3 is 0 Å². The van der Waals surface area contributed by atoms with Crippen molar-refractivity contribution in [2.45, 2.75) is 19.8 Å². The van der Waals surface area contributed by atoms with Crippen LogP contribution in [0.3, 0.4) is 0 Å². The Morgan fingerprint density at radius 2 is 2.36 bits per heavy atom. The highest BCUT2D eigenvalue weighted by Crippen LogP contribution is 2.45. The second-order valence-electron chi connectivity index (χ2n) is 4.18. The van der Waals surface area contributed by atoms with E-state index in [1.807, 2.05) is 0 Å². The standard InChI is InChI=1S/C11H16N2O/c1-4-5-13(3)10(14)11(8-12)6-9(2)7-11/h4,9H,1,5-7H2,2-3H3. The molecule has 0 aromatic heterocycles. The van der Waals surface area contributed by atoms with E-state index in [4.69, 9.17) is 5.26 Å². The van der Waals surface area contributed by atoms with E-state index < -0.39 is 5.41 Å². The van der Waals surface area contributed by atoms with Gasteiger partial charge in [-0.3, -0.25) is 4.79 Å². The molecule has 0 radical (unpaired) electrons. The maximum Gasteiger partial charge on any atom is 0.243 e. The van der Waals surface area contributed by atoms with Crippen LogP contribution in [0.1, 0.15) is 19.8 Å². The van der Waals surface area contributed by atoms with Crippen LogP contribution < -0.4 is 0 Å². The summed E-state index contributed by atoms with van der Waals surface area (Å²) in [5.74, 6) is 0.439. The summed E-state index contributed by atoms with van der Waals surface area (Å²) in [6.07, 6.45) is 3.07. The third kappa shape index (κ3) is 1.65. The molecule has 0 aliphatic heterocycles. The largest absolute Gasteiger partial charge is 0.341 e. The van der Waals surface area contributed by atoms with Crippen molar-refractivity contribution in [1.82, 2.24) is 4.90 Å². The quantitative estimate of drug-likeness (QED) is 0.637. The van der Waals surface area contributed by atoms with Gasteiger partial charge in [-0.15, -0.1) is 6.58 Å². The highest BCUT2D eigenvalue weighted by molar-refractivity contribution is 5.86. The van der Waals surface area contributed by atoms with E-state index in [2.05, 4.69) is 19.6 Å². The summed E-state index contributed by atoms with van der Waals surface area (Å²) >= 11 is 0. The number of rotatable bonds is 3. The summed E-state index contributed by atoms with van der Waals surface area (Å²) in [4.78, 5) is 13.4. The van der Waals surface area contributed by atoms with Gasteiger partial charge in [0.25, 0.3) is 0 Å². The maximum absolute atomic E-state index is 11.9. The average molecular weight is 192 g/mol. The zero-order chi connectivity index (χ0) is 10.8. The van der Waals surface area contributed by atoms with Crippen LogP contribution in [0.5, 0.6) is 0 Å². The highest BCUT2D eigenvalue weighted by Gasteiger charge is 2.49. The molecule has 1 aliphatic rings. The molecule has 0 aromatic rings. The van der Waals surface area contributed by atoms with Crippen LogP contribution in [-0.4, -0.2) is 24.4 Å². The van der Waals surface area contributed by atoms with Gasteiger partial charge in [0.05, 0.1) is 6.07 Å².